The van der Waals surface area contributed by atoms with Crippen LogP contribution in [0.2, 0.25) is 0 Å². The zero-order valence-corrected chi connectivity index (χ0v) is 24.2. The van der Waals surface area contributed by atoms with Gasteiger partial charge in [0, 0.05) is 63.5 Å². The fourth-order valence-corrected chi connectivity index (χ4v) is 5.82. The highest BCUT2D eigenvalue weighted by Crippen LogP contribution is 2.33. The van der Waals surface area contributed by atoms with Crippen molar-refractivity contribution in [2.24, 2.45) is 0 Å². The molecule has 1 aromatic heterocycles. The number of methoxy groups -OCH3 is 1. The van der Waals surface area contributed by atoms with Crippen LogP contribution in [0.3, 0.4) is 0 Å². The van der Waals surface area contributed by atoms with E-state index >= 15 is 0 Å². The fraction of sp³-hybridized carbons (Fsp3) is 0.393. The number of piperazine rings is 1. The summed E-state index contributed by atoms with van der Waals surface area (Å²) in [5.41, 5.74) is 1.11. The van der Waals surface area contributed by atoms with Crippen molar-refractivity contribution in [3.63, 3.8) is 0 Å². The molecule has 2 amide bonds. The summed E-state index contributed by atoms with van der Waals surface area (Å²) in [6, 6.07) is 8.96. The summed E-state index contributed by atoms with van der Waals surface area (Å²) >= 11 is 0. The molecule has 1 aliphatic heterocycles. The molecule has 12 heteroatoms. The molecule has 1 aliphatic rings. The molecule has 214 valence electrons. The number of halogens is 1. The monoisotopic (exact) mass is 572 g/mol. The first-order valence-corrected chi connectivity index (χ1v) is 14.6. The average Bonchev–Trinajstić information content (AvgIpc) is 3.28. The number of likely N-dealkylation sites (N-methyl/N-ethyl adjacent to an activating group) is 1. The normalized spacial score (nSPS) is 18.1. The summed E-state index contributed by atoms with van der Waals surface area (Å²) in [4.78, 5) is 44.5. The number of ether oxygens (including phenoxy) is 1. The van der Waals surface area contributed by atoms with Crippen LogP contribution in [0.1, 0.15) is 40.1 Å². The van der Waals surface area contributed by atoms with E-state index in [0.29, 0.717) is 19.6 Å². The molecule has 0 N–H and O–H groups in total. The van der Waals surface area contributed by atoms with Crippen LogP contribution < -0.4 is 4.74 Å². The van der Waals surface area contributed by atoms with Crippen molar-refractivity contribution in [2.75, 3.05) is 40.6 Å². The third kappa shape index (κ3) is 5.59. The Morgan fingerprint density at radius 1 is 1.02 bits per heavy atom. The molecule has 0 spiro atoms. The van der Waals surface area contributed by atoms with Crippen LogP contribution >= 0.6 is 0 Å². The molecule has 3 aromatic rings. The summed E-state index contributed by atoms with van der Waals surface area (Å²) in [5, 5.41) is 0.158. The largest absolute Gasteiger partial charge is 0.496 e. The molecule has 2 aromatic carbocycles. The average molecular weight is 573 g/mol. The third-order valence-corrected chi connectivity index (χ3v) is 8.22. The van der Waals surface area contributed by atoms with Crippen LogP contribution in [0.4, 0.5) is 4.39 Å². The minimum atomic E-state index is -3.85. The van der Waals surface area contributed by atoms with E-state index in [1.807, 2.05) is 13.8 Å². The molecular formula is C28H33FN4O6S. The van der Waals surface area contributed by atoms with E-state index in [0.717, 1.165) is 26.9 Å². The van der Waals surface area contributed by atoms with E-state index in [4.69, 9.17) is 4.74 Å². The molecule has 2 heterocycles. The SMILES string of the molecule is COc1cc2c(cc1C(=O)N1C[C@H](C)N(Cc3ccc(F)cc3)C[C@H]1C)c(C(=O)C(=O)N(C)C)cn2S(C)(=O)=O. The Hall–Kier alpha value is -3.77. The number of rotatable bonds is 7. The van der Waals surface area contributed by atoms with Gasteiger partial charge in [0.25, 0.3) is 17.6 Å². The number of hydrogen-bond donors (Lipinski definition) is 0. The maximum absolute atomic E-state index is 13.9. The summed E-state index contributed by atoms with van der Waals surface area (Å²) in [6.45, 7) is 5.51. The zero-order valence-electron chi connectivity index (χ0n) is 23.3. The number of carbonyl (C=O) groups is 3. The second kappa shape index (κ2) is 11.0. The number of aromatic nitrogens is 1. The smallest absolute Gasteiger partial charge is 0.294 e. The van der Waals surface area contributed by atoms with Crippen molar-refractivity contribution in [1.29, 1.82) is 0 Å². The lowest BCUT2D eigenvalue weighted by atomic mass is 10.0. The van der Waals surface area contributed by atoms with Crippen LogP contribution in [-0.4, -0.2) is 97.3 Å². The minimum Gasteiger partial charge on any atom is -0.496 e. The number of ketones is 1. The molecule has 40 heavy (non-hydrogen) atoms. The lowest BCUT2D eigenvalue weighted by Gasteiger charge is -2.44. The number of amides is 2. The van der Waals surface area contributed by atoms with Crippen molar-refractivity contribution >= 4 is 38.5 Å². The topological polar surface area (TPSA) is 109 Å². The first-order chi connectivity index (χ1) is 18.7. The van der Waals surface area contributed by atoms with Gasteiger partial charge in [0.15, 0.2) is 0 Å². The molecule has 0 bridgehead atoms. The Bertz CT molecular complexity index is 1580. The predicted octanol–water partition coefficient (Wildman–Crippen LogP) is 2.60. The van der Waals surface area contributed by atoms with Gasteiger partial charge in [0.2, 0.25) is 10.0 Å². The summed E-state index contributed by atoms with van der Waals surface area (Å²) in [6.07, 6.45) is 2.09. The van der Waals surface area contributed by atoms with Gasteiger partial charge in [-0.1, -0.05) is 12.1 Å². The Morgan fingerprint density at radius 3 is 2.25 bits per heavy atom. The van der Waals surface area contributed by atoms with Crippen LogP contribution in [0, 0.1) is 5.82 Å². The maximum atomic E-state index is 13.9. The number of carbonyl (C=O) groups excluding carboxylic acids is 3. The first-order valence-electron chi connectivity index (χ1n) is 12.7. The lowest BCUT2D eigenvalue weighted by molar-refractivity contribution is -0.124. The molecule has 1 saturated heterocycles. The van der Waals surface area contributed by atoms with E-state index in [1.54, 1.807) is 17.0 Å². The molecule has 2 atom stereocenters. The third-order valence-electron chi connectivity index (χ3n) is 7.20. The molecule has 1 fully saturated rings. The van der Waals surface area contributed by atoms with Crippen molar-refractivity contribution < 1.29 is 31.9 Å². The van der Waals surface area contributed by atoms with Gasteiger partial charge in [0.1, 0.15) is 11.6 Å². The van der Waals surface area contributed by atoms with Gasteiger partial charge >= 0.3 is 0 Å². The van der Waals surface area contributed by atoms with Crippen LogP contribution in [0.25, 0.3) is 10.9 Å². The van der Waals surface area contributed by atoms with Gasteiger partial charge in [-0.3, -0.25) is 19.3 Å². The quantitative estimate of drug-likeness (QED) is 0.316. The van der Waals surface area contributed by atoms with Gasteiger partial charge in [-0.25, -0.2) is 16.8 Å². The number of fused-ring (bicyclic) bond motifs is 1. The highest BCUT2D eigenvalue weighted by Gasteiger charge is 2.35. The van der Waals surface area contributed by atoms with E-state index in [1.165, 1.54) is 45.5 Å². The molecule has 4 rings (SSSR count). The van der Waals surface area contributed by atoms with E-state index < -0.39 is 21.7 Å². The Kier molecular flexibility index (Phi) is 8.04. The summed E-state index contributed by atoms with van der Waals surface area (Å²) < 4.78 is 44.8. The van der Waals surface area contributed by atoms with Gasteiger partial charge in [0.05, 0.1) is 30.0 Å². The van der Waals surface area contributed by atoms with Crippen LogP contribution in [0.15, 0.2) is 42.6 Å². The zero-order chi connectivity index (χ0) is 29.5. The summed E-state index contributed by atoms with van der Waals surface area (Å²) in [5.74, 6) is -2.21. The lowest BCUT2D eigenvalue weighted by Crippen LogP contribution is -2.57. The Balaban J connectivity index is 1.72. The molecule has 0 aliphatic carbocycles. The molecular weight excluding hydrogens is 539 g/mol. The highest BCUT2D eigenvalue weighted by molar-refractivity contribution is 7.89. The van der Waals surface area contributed by atoms with E-state index in [-0.39, 0.29) is 51.6 Å². The van der Waals surface area contributed by atoms with E-state index in [9.17, 15) is 27.2 Å². The van der Waals surface area contributed by atoms with Crippen LogP contribution in [-0.2, 0) is 21.4 Å². The van der Waals surface area contributed by atoms with Crippen molar-refractivity contribution in [2.45, 2.75) is 32.5 Å². The van der Waals surface area contributed by atoms with Crippen LogP contribution in [0.5, 0.6) is 5.75 Å². The predicted molar refractivity (Wildman–Crippen MR) is 149 cm³/mol. The second-order valence-electron chi connectivity index (χ2n) is 10.4. The number of benzene rings is 2. The molecule has 0 saturated carbocycles. The molecule has 0 radical (unpaired) electrons. The highest BCUT2D eigenvalue weighted by atomic mass is 32.2. The van der Waals surface area contributed by atoms with Crippen molar-refractivity contribution in [3.05, 3.63) is 65.1 Å². The van der Waals surface area contributed by atoms with Gasteiger partial charge < -0.3 is 14.5 Å². The first kappa shape index (κ1) is 29.2. The molecule has 0 unspecified atom stereocenters. The van der Waals surface area contributed by atoms with Gasteiger partial charge in [-0.2, -0.15) is 0 Å². The Morgan fingerprint density at radius 2 is 1.68 bits per heavy atom. The van der Waals surface area contributed by atoms with Gasteiger partial charge in [-0.05, 0) is 37.6 Å². The Labute approximate surface area is 232 Å². The summed E-state index contributed by atoms with van der Waals surface area (Å²) in [7, 11) is 0.366. The fourth-order valence-electron chi connectivity index (χ4n) is 5.01. The second-order valence-corrected chi connectivity index (χ2v) is 12.3. The number of hydrogen-bond acceptors (Lipinski definition) is 7. The number of nitrogens with zero attached hydrogens (tertiary/aromatic N) is 4. The van der Waals surface area contributed by atoms with E-state index in [2.05, 4.69) is 4.90 Å². The number of Topliss-reactive ketones (excluding diaryl/α,β-unsaturated/α-hetero) is 1. The van der Waals surface area contributed by atoms with Crippen molar-refractivity contribution in [1.82, 2.24) is 18.7 Å². The standard InChI is InChI=1S/C28H33FN4O6S/c1-17-14-32(18(2)13-31(17)15-19-7-9-20(29)10-8-19)27(35)22-11-21-23(26(34)28(36)30(3)4)16-33(40(6,37)38)24(21)12-25(22)39-5/h7-12,16-18H,13-15H2,1-6H3/t17-,18+/m0/s1. The van der Waals surface area contributed by atoms with Gasteiger partial charge in [-0.15, -0.1) is 0 Å². The minimum absolute atomic E-state index is 0.0129. The molecule has 10 nitrogen and oxygen atoms in total. The maximum Gasteiger partial charge on any atom is 0.294 e. The van der Waals surface area contributed by atoms with Crippen molar-refractivity contribution in [3.8, 4) is 5.75 Å².